The number of nitrogens with one attached hydrogen (secondary N) is 1. The lowest BCUT2D eigenvalue weighted by Crippen LogP contribution is -2.40. The van der Waals surface area contributed by atoms with E-state index in [2.05, 4.69) is 5.32 Å². The molecule has 10 nitrogen and oxygen atoms in total. The van der Waals surface area contributed by atoms with Crippen LogP contribution in [0.1, 0.15) is 48.0 Å². The Morgan fingerprint density at radius 2 is 1.81 bits per heavy atom. The van der Waals surface area contributed by atoms with Crippen molar-refractivity contribution in [2.24, 2.45) is 0 Å². The molecule has 3 rings (SSSR count). The number of benzene rings is 2. The summed E-state index contributed by atoms with van der Waals surface area (Å²) in [4.78, 5) is 38.6. The number of anilines is 1. The first-order chi connectivity index (χ1) is 17.4. The van der Waals surface area contributed by atoms with Crippen molar-refractivity contribution in [3.8, 4) is 5.69 Å². The lowest BCUT2D eigenvalue weighted by molar-refractivity contribution is -0.385. The first-order valence-electron chi connectivity index (χ1n) is 11.9. The third-order valence-corrected chi connectivity index (χ3v) is 5.93. The number of hydrogen-bond donors (Lipinski definition) is 1. The van der Waals surface area contributed by atoms with Gasteiger partial charge in [-0.3, -0.25) is 19.7 Å². The number of methoxy groups -OCH3 is 1. The van der Waals surface area contributed by atoms with Crippen molar-refractivity contribution < 1.29 is 19.2 Å². The Kier molecular flexibility index (Phi) is 8.44. The zero-order valence-corrected chi connectivity index (χ0v) is 22.1. The van der Waals surface area contributed by atoms with Crippen molar-refractivity contribution in [3.05, 3.63) is 81.0 Å². The van der Waals surface area contributed by atoms with Gasteiger partial charge >= 0.3 is 0 Å². The molecular formula is C27H33N5O5. The predicted molar refractivity (Wildman–Crippen MR) is 141 cm³/mol. The van der Waals surface area contributed by atoms with E-state index in [0.717, 1.165) is 16.9 Å². The molecule has 1 N–H and O–H groups in total. The predicted octanol–water partition coefficient (Wildman–Crippen LogP) is 4.42. The molecule has 37 heavy (non-hydrogen) atoms. The number of aromatic nitrogens is 2. The molecule has 0 radical (unpaired) electrons. The Morgan fingerprint density at radius 1 is 1.11 bits per heavy atom. The number of nitrogens with zero attached hydrogens (tertiary/aromatic N) is 4. The normalized spacial score (nSPS) is 11.3. The Morgan fingerprint density at radius 3 is 2.43 bits per heavy atom. The van der Waals surface area contributed by atoms with Crippen LogP contribution < -0.4 is 5.32 Å². The van der Waals surface area contributed by atoms with Gasteiger partial charge in [-0.25, -0.2) is 4.68 Å². The number of hydrogen-bond acceptors (Lipinski definition) is 6. The second-order valence-corrected chi connectivity index (χ2v) is 9.89. The summed E-state index contributed by atoms with van der Waals surface area (Å²) in [6, 6.07) is 13.8. The van der Waals surface area contributed by atoms with Crippen LogP contribution in [0.25, 0.3) is 5.69 Å². The number of nitro benzene ring substituents is 1. The minimum absolute atomic E-state index is 0.126. The van der Waals surface area contributed by atoms with Gasteiger partial charge in [0.2, 0.25) is 5.91 Å². The van der Waals surface area contributed by atoms with E-state index in [0.29, 0.717) is 11.4 Å². The maximum atomic E-state index is 13.2. The summed E-state index contributed by atoms with van der Waals surface area (Å²) in [5, 5.41) is 19.0. The second kappa shape index (κ2) is 11.3. The van der Waals surface area contributed by atoms with Crippen molar-refractivity contribution in [2.75, 3.05) is 32.1 Å². The molecule has 0 unspecified atom stereocenters. The van der Waals surface area contributed by atoms with Crippen molar-refractivity contribution in [1.82, 2.24) is 14.7 Å². The molecule has 0 fully saturated rings. The molecule has 3 aromatic rings. The highest BCUT2D eigenvalue weighted by molar-refractivity contribution is 5.99. The standard InChI is InChI=1S/C27H33N5O5/c1-18-9-7-8-10-21(18)31-24(16-23(29-31)27(3,4)5)28-25(33)17-30(13-14-37-6)26(34)20-12-11-19(2)22(15-20)32(35)36/h7-12,15-16H,13-14,17H2,1-6H3,(H,28,33). The molecule has 0 bridgehead atoms. The quantitative estimate of drug-likeness (QED) is 0.338. The molecule has 1 aromatic heterocycles. The molecule has 0 aliphatic heterocycles. The van der Waals surface area contributed by atoms with Gasteiger partial charge in [0.25, 0.3) is 11.6 Å². The zero-order valence-electron chi connectivity index (χ0n) is 22.1. The minimum atomic E-state index is -0.530. The fourth-order valence-electron chi connectivity index (χ4n) is 3.75. The number of para-hydroxylation sites is 1. The van der Waals surface area contributed by atoms with Crippen molar-refractivity contribution in [3.63, 3.8) is 0 Å². The summed E-state index contributed by atoms with van der Waals surface area (Å²) in [6.07, 6.45) is 0. The van der Waals surface area contributed by atoms with Crippen LogP contribution >= 0.6 is 0 Å². The molecule has 10 heteroatoms. The molecule has 196 valence electrons. The topological polar surface area (TPSA) is 120 Å². The summed E-state index contributed by atoms with van der Waals surface area (Å²) in [5.41, 5.74) is 2.77. The Bertz CT molecular complexity index is 1310. The van der Waals surface area contributed by atoms with Crippen molar-refractivity contribution >= 4 is 23.3 Å². The summed E-state index contributed by atoms with van der Waals surface area (Å²) < 4.78 is 6.82. The first-order valence-corrected chi connectivity index (χ1v) is 11.9. The number of amides is 2. The molecule has 2 aromatic carbocycles. The van der Waals surface area contributed by atoms with Crippen molar-refractivity contribution in [1.29, 1.82) is 0 Å². The molecule has 0 aliphatic carbocycles. The summed E-state index contributed by atoms with van der Waals surface area (Å²) in [5.74, 6) is -0.450. The van der Waals surface area contributed by atoms with E-state index in [4.69, 9.17) is 9.84 Å². The number of carbonyl (C=O) groups is 2. The van der Waals surface area contributed by atoms with Crippen LogP contribution in [0.15, 0.2) is 48.5 Å². The molecule has 0 saturated heterocycles. The van der Waals surface area contributed by atoms with E-state index >= 15 is 0 Å². The average Bonchev–Trinajstić information content (AvgIpc) is 3.25. The zero-order chi connectivity index (χ0) is 27.3. The lowest BCUT2D eigenvalue weighted by Gasteiger charge is -2.22. The van der Waals surface area contributed by atoms with Gasteiger partial charge in [-0.1, -0.05) is 45.0 Å². The molecule has 0 aliphatic rings. The van der Waals surface area contributed by atoms with Gasteiger partial charge in [0.15, 0.2) is 0 Å². The largest absolute Gasteiger partial charge is 0.383 e. The molecule has 0 atom stereocenters. The van der Waals surface area contributed by atoms with Crippen LogP contribution in [0.4, 0.5) is 11.5 Å². The van der Waals surface area contributed by atoms with E-state index in [-0.39, 0.29) is 36.4 Å². The summed E-state index contributed by atoms with van der Waals surface area (Å²) >= 11 is 0. The van der Waals surface area contributed by atoms with Gasteiger partial charge in [-0.15, -0.1) is 0 Å². The second-order valence-electron chi connectivity index (χ2n) is 9.89. The van der Waals surface area contributed by atoms with Gasteiger partial charge < -0.3 is 15.0 Å². The van der Waals surface area contributed by atoms with Crippen LogP contribution in [-0.2, 0) is 14.9 Å². The van der Waals surface area contributed by atoms with Crippen molar-refractivity contribution in [2.45, 2.75) is 40.0 Å². The number of ether oxygens (including phenoxy) is 1. The number of rotatable bonds is 9. The Hall–Kier alpha value is -4.05. The molecular weight excluding hydrogens is 474 g/mol. The monoisotopic (exact) mass is 507 g/mol. The van der Waals surface area contributed by atoms with E-state index in [9.17, 15) is 19.7 Å². The SMILES string of the molecule is COCCN(CC(=O)Nc1cc(C(C)(C)C)nn1-c1ccccc1C)C(=O)c1ccc(C)c([N+](=O)[O-])c1. The summed E-state index contributed by atoms with van der Waals surface area (Å²) in [6.45, 7) is 9.74. The van der Waals surface area contributed by atoms with Crippen LogP contribution in [0, 0.1) is 24.0 Å². The molecule has 0 spiro atoms. The van der Waals surface area contributed by atoms with Gasteiger partial charge in [-0.2, -0.15) is 5.10 Å². The highest BCUT2D eigenvalue weighted by Crippen LogP contribution is 2.27. The highest BCUT2D eigenvalue weighted by atomic mass is 16.6. The van der Waals surface area contributed by atoms with E-state index < -0.39 is 16.7 Å². The van der Waals surface area contributed by atoms with Gasteiger partial charge in [0, 0.05) is 42.3 Å². The molecule has 0 saturated carbocycles. The fraction of sp³-hybridized carbons (Fsp3) is 0.370. The molecule has 1 heterocycles. The fourth-order valence-corrected chi connectivity index (χ4v) is 3.75. The Balaban J connectivity index is 1.89. The van der Waals surface area contributed by atoms with Crippen LogP contribution in [0.2, 0.25) is 0 Å². The maximum absolute atomic E-state index is 13.2. The lowest BCUT2D eigenvalue weighted by atomic mass is 9.92. The van der Waals surface area contributed by atoms with E-state index in [1.54, 1.807) is 11.6 Å². The van der Waals surface area contributed by atoms with Gasteiger partial charge in [-0.05, 0) is 31.5 Å². The van der Waals surface area contributed by atoms with Gasteiger partial charge in [0.1, 0.15) is 12.4 Å². The minimum Gasteiger partial charge on any atom is -0.383 e. The van der Waals surface area contributed by atoms with Crippen LogP contribution in [0.3, 0.4) is 0 Å². The smallest absolute Gasteiger partial charge is 0.273 e. The van der Waals surface area contributed by atoms with E-state index in [1.807, 2.05) is 58.0 Å². The average molecular weight is 508 g/mol. The first kappa shape index (κ1) is 27.5. The van der Waals surface area contributed by atoms with Crippen LogP contribution in [-0.4, -0.2) is 58.2 Å². The molecule has 2 amide bonds. The summed E-state index contributed by atoms with van der Waals surface area (Å²) in [7, 11) is 1.49. The maximum Gasteiger partial charge on any atom is 0.273 e. The third kappa shape index (κ3) is 6.59. The number of carbonyl (C=O) groups excluding carboxylic acids is 2. The van der Waals surface area contributed by atoms with Gasteiger partial charge in [0.05, 0.1) is 22.9 Å². The Labute approximate surface area is 216 Å². The number of nitro groups is 1. The van der Waals surface area contributed by atoms with E-state index in [1.165, 1.54) is 30.2 Å². The third-order valence-electron chi connectivity index (χ3n) is 5.93. The highest BCUT2D eigenvalue weighted by Gasteiger charge is 2.25. The van der Waals surface area contributed by atoms with Crippen LogP contribution in [0.5, 0.6) is 0 Å². The number of aryl methyl sites for hydroxylation is 2.